The van der Waals surface area contributed by atoms with E-state index >= 15 is 0 Å². The number of rotatable bonds is 5. The Bertz CT molecular complexity index is 666. The second-order valence-corrected chi connectivity index (χ2v) is 4.94. The molecule has 2 aromatic carbocycles. The molecule has 0 bridgehead atoms. The maximum absolute atomic E-state index is 11.9. The number of aryl methyl sites for hydroxylation is 1. The number of nitro groups is 1. The molecule has 0 saturated carbocycles. The lowest BCUT2D eigenvalue weighted by atomic mass is 10.1. The van der Waals surface area contributed by atoms with E-state index in [2.05, 4.69) is 5.32 Å². The van der Waals surface area contributed by atoms with Crippen LogP contribution in [-0.2, 0) is 0 Å². The number of nitrogens with one attached hydrogen (secondary N) is 1. The standard InChI is InChI=1S/C16H16N2O4/c1-11-2-4-13(5-3-11)16(20)17-10-15(19)12-6-8-14(9-7-12)18(21)22/h2-9,15,19H,10H2,1H3,(H,17,20)/t15-/m0/s1. The van der Waals surface area contributed by atoms with Crippen molar-refractivity contribution in [3.8, 4) is 0 Å². The fraction of sp³-hybridized carbons (Fsp3) is 0.188. The lowest BCUT2D eigenvalue weighted by Gasteiger charge is -2.12. The van der Waals surface area contributed by atoms with E-state index in [0.717, 1.165) is 5.56 Å². The monoisotopic (exact) mass is 300 g/mol. The Balaban J connectivity index is 1.94. The molecule has 2 N–H and O–H groups in total. The summed E-state index contributed by atoms with van der Waals surface area (Å²) in [6.07, 6.45) is -0.921. The summed E-state index contributed by atoms with van der Waals surface area (Å²) in [5, 5.41) is 23.2. The van der Waals surface area contributed by atoms with Gasteiger partial charge in [-0.25, -0.2) is 0 Å². The summed E-state index contributed by atoms with van der Waals surface area (Å²) in [4.78, 5) is 22.0. The Morgan fingerprint density at radius 3 is 2.32 bits per heavy atom. The zero-order valence-corrected chi connectivity index (χ0v) is 12.0. The lowest BCUT2D eigenvalue weighted by molar-refractivity contribution is -0.384. The maximum atomic E-state index is 11.9. The van der Waals surface area contributed by atoms with Crippen LogP contribution in [0.25, 0.3) is 0 Å². The second kappa shape index (κ2) is 6.82. The number of nitro benzene ring substituents is 1. The number of carbonyl (C=O) groups excluding carboxylic acids is 1. The van der Waals surface area contributed by atoms with Crippen molar-refractivity contribution in [2.75, 3.05) is 6.54 Å². The minimum Gasteiger partial charge on any atom is -0.387 e. The third kappa shape index (κ3) is 3.89. The second-order valence-electron chi connectivity index (χ2n) is 4.94. The Hall–Kier alpha value is -2.73. The Morgan fingerprint density at radius 2 is 1.77 bits per heavy atom. The fourth-order valence-corrected chi connectivity index (χ4v) is 1.93. The first-order valence-corrected chi connectivity index (χ1v) is 6.74. The number of aliphatic hydroxyl groups excluding tert-OH is 1. The molecule has 0 aromatic heterocycles. The number of non-ortho nitro benzene ring substituents is 1. The molecule has 0 aliphatic heterocycles. The average Bonchev–Trinajstić information content (AvgIpc) is 2.53. The zero-order chi connectivity index (χ0) is 16.1. The van der Waals surface area contributed by atoms with E-state index in [9.17, 15) is 20.0 Å². The predicted octanol–water partition coefficient (Wildman–Crippen LogP) is 2.37. The molecule has 0 saturated heterocycles. The van der Waals surface area contributed by atoms with Gasteiger partial charge in [-0.3, -0.25) is 14.9 Å². The minimum atomic E-state index is -0.921. The summed E-state index contributed by atoms with van der Waals surface area (Å²) >= 11 is 0. The number of hydrogen-bond donors (Lipinski definition) is 2. The molecule has 2 aromatic rings. The van der Waals surface area contributed by atoms with Crippen molar-refractivity contribution >= 4 is 11.6 Å². The van der Waals surface area contributed by atoms with E-state index in [1.807, 2.05) is 19.1 Å². The van der Waals surface area contributed by atoms with E-state index < -0.39 is 11.0 Å². The molecule has 22 heavy (non-hydrogen) atoms. The first kappa shape index (κ1) is 15.7. The zero-order valence-electron chi connectivity index (χ0n) is 12.0. The maximum Gasteiger partial charge on any atom is 0.269 e. The van der Waals surface area contributed by atoms with Crippen LogP contribution in [0, 0.1) is 17.0 Å². The summed E-state index contributed by atoms with van der Waals surface area (Å²) in [6.45, 7) is 1.96. The quantitative estimate of drug-likeness (QED) is 0.655. The smallest absolute Gasteiger partial charge is 0.269 e. The van der Waals surface area contributed by atoms with Crippen molar-refractivity contribution in [3.63, 3.8) is 0 Å². The SMILES string of the molecule is Cc1ccc(C(=O)NC[C@H](O)c2ccc([N+](=O)[O-])cc2)cc1. The average molecular weight is 300 g/mol. The summed E-state index contributed by atoms with van der Waals surface area (Å²) in [7, 11) is 0. The van der Waals surface area contributed by atoms with Crippen LogP contribution in [0.4, 0.5) is 5.69 Å². The van der Waals surface area contributed by atoms with Gasteiger partial charge in [0.2, 0.25) is 0 Å². The van der Waals surface area contributed by atoms with Crippen LogP contribution in [-0.4, -0.2) is 22.5 Å². The van der Waals surface area contributed by atoms with Crippen LogP contribution < -0.4 is 5.32 Å². The molecule has 0 aliphatic carbocycles. The highest BCUT2D eigenvalue weighted by atomic mass is 16.6. The van der Waals surface area contributed by atoms with Gasteiger partial charge in [0.15, 0.2) is 0 Å². The van der Waals surface area contributed by atoms with Crippen LogP contribution in [0.5, 0.6) is 0 Å². The van der Waals surface area contributed by atoms with Gasteiger partial charge in [0, 0.05) is 24.2 Å². The molecule has 0 spiro atoms. The fourth-order valence-electron chi connectivity index (χ4n) is 1.93. The van der Waals surface area contributed by atoms with Gasteiger partial charge in [-0.1, -0.05) is 17.7 Å². The molecule has 0 heterocycles. The van der Waals surface area contributed by atoms with Gasteiger partial charge in [-0.2, -0.15) is 0 Å². The van der Waals surface area contributed by atoms with Crippen molar-refractivity contribution in [1.29, 1.82) is 0 Å². The normalized spacial score (nSPS) is 11.7. The van der Waals surface area contributed by atoms with E-state index in [4.69, 9.17) is 0 Å². The van der Waals surface area contributed by atoms with Crippen molar-refractivity contribution in [2.24, 2.45) is 0 Å². The highest BCUT2D eigenvalue weighted by Crippen LogP contribution is 2.17. The molecule has 0 fully saturated rings. The Kier molecular flexibility index (Phi) is 4.85. The molecular weight excluding hydrogens is 284 g/mol. The third-order valence-electron chi connectivity index (χ3n) is 3.26. The number of nitrogens with zero attached hydrogens (tertiary/aromatic N) is 1. The number of amides is 1. The Labute approximate surface area is 127 Å². The van der Waals surface area contributed by atoms with Gasteiger partial charge in [0.1, 0.15) is 0 Å². The van der Waals surface area contributed by atoms with E-state index in [-0.39, 0.29) is 18.1 Å². The molecule has 1 atom stereocenters. The van der Waals surface area contributed by atoms with Crippen LogP contribution in [0.2, 0.25) is 0 Å². The largest absolute Gasteiger partial charge is 0.387 e. The molecule has 6 nitrogen and oxygen atoms in total. The molecule has 6 heteroatoms. The molecule has 114 valence electrons. The highest BCUT2D eigenvalue weighted by molar-refractivity contribution is 5.94. The molecular formula is C16H16N2O4. The van der Waals surface area contributed by atoms with E-state index in [1.54, 1.807) is 12.1 Å². The van der Waals surface area contributed by atoms with Crippen LogP contribution in [0.15, 0.2) is 48.5 Å². The van der Waals surface area contributed by atoms with Gasteiger partial charge in [0.25, 0.3) is 11.6 Å². The van der Waals surface area contributed by atoms with Crippen molar-refractivity contribution in [1.82, 2.24) is 5.32 Å². The molecule has 0 unspecified atom stereocenters. The topological polar surface area (TPSA) is 92.5 Å². The van der Waals surface area contributed by atoms with Gasteiger partial charge in [-0.05, 0) is 36.8 Å². The first-order chi connectivity index (χ1) is 10.5. The molecule has 0 aliphatic rings. The van der Waals surface area contributed by atoms with Gasteiger partial charge in [0.05, 0.1) is 11.0 Å². The van der Waals surface area contributed by atoms with Crippen LogP contribution >= 0.6 is 0 Å². The van der Waals surface area contributed by atoms with Gasteiger partial charge >= 0.3 is 0 Å². The summed E-state index contributed by atoms with van der Waals surface area (Å²) in [6, 6.07) is 12.7. The summed E-state index contributed by atoms with van der Waals surface area (Å²) in [5.74, 6) is -0.277. The van der Waals surface area contributed by atoms with Crippen molar-refractivity contribution in [3.05, 3.63) is 75.3 Å². The summed E-state index contributed by atoms with van der Waals surface area (Å²) in [5.41, 5.74) is 2.04. The predicted molar refractivity (Wildman–Crippen MR) is 81.6 cm³/mol. The van der Waals surface area contributed by atoms with Crippen molar-refractivity contribution in [2.45, 2.75) is 13.0 Å². The summed E-state index contributed by atoms with van der Waals surface area (Å²) < 4.78 is 0. The number of aliphatic hydroxyl groups is 1. The van der Waals surface area contributed by atoms with Crippen LogP contribution in [0.1, 0.15) is 27.6 Å². The van der Waals surface area contributed by atoms with E-state index in [0.29, 0.717) is 11.1 Å². The van der Waals surface area contributed by atoms with Crippen LogP contribution in [0.3, 0.4) is 0 Å². The first-order valence-electron chi connectivity index (χ1n) is 6.74. The molecule has 1 amide bonds. The van der Waals surface area contributed by atoms with Gasteiger partial charge in [-0.15, -0.1) is 0 Å². The Morgan fingerprint density at radius 1 is 1.18 bits per heavy atom. The number of benzene rings is 2. The van der Waals surface area contributed by atoms with E-state index in [1.165, 1.54) is 24.3 Å². The lowest BCUT2D eigenvalue weighted by Crippen LogP contribution is -2.28. The highest BCUT2D eigenvalue weighted by Gasteiger charge is 2.12. The number of carbonyl (C=O) groups is 1. The van der Waals surface area contributed by atoms with Crippen molar-refractivity contribution < 1.29 is 14.8 Å². The minimum absolute atomic E-state index is 0.0323. The van der Waals surface area contributed by atoms with Gasteiger partial charge < -0.3 is 10.4 Å². The molecule has 0 radical (unpaired) electrons. The number of hydrogen-bond acceptors (Lipinski definition) is 4. The third-order valence-corrected chi connectivity index (χ3v) is 3.26. The molecule has 2 rings (SSSR count).